The van der Waals surface area contributed by atoms with E-state index in [1.807, 2.05) is 18.2 Å². The zero-order valence-corrected chi connectivity index (χ0v) is 10.6. The van der Waals surface area contributed by atoms with E-state index in [9.17, 15) is 4.79 Å². The lowest BCUT2D eigenvalue weighted by atomic mass is 10.1. The third kappa shape index (κ3) is 2.92. The van der Waals surface area contributed by atoms with E-state index in [0.29, 0.717) is 12.2 Å². The summed E-state index contributed by atoms with van der Waals surface area (Å²) in [4.78, 5) is 11.9. The molecule has 1 aliphatic carbocycles. The number of rotatable bonds is 6. The number of hydrogen-bond donors (Lipinski definition) is 0. The van der Waals surface area contributed by atoms with Gasteiger partial charge in [0.05, 0.1) is 12.9 Å². The number of unbranched alkanes of at least 4 members (excludes halogenated alkanes) is 3. The Morgan fingerprint density at radius 2 is 2.11 bits per heavy atom. The molecular formula is C15H18O3. The maximum atomic E-state index is 11.9. The largest absolute Gasteiger partial charge is 0.471 e. The van der Waals surface area contributed by atoms with Gasteiger partial charge in [-0.15, -0.1) is 0 Å². The number of esters is 1. The summed E-state index contributed by atoms with van der Waals surface area (Å²) in [6.45, 7) is 2.64. The van der Waals surface area contributed by atoms with Gasteiger partial charge in [-0.1, -0.05) is 44.4 Å². The highest BCUT2D eigenvalue weighted by molar-refractivity contribution is 5.97. The van der Waals surface area contributed by atoms with Gasteiger partial charge in [0, 0.05) is 11.1 Å². The van der Waals surface area contributed by atoms with Crippen LogP contribution in [0.5, 0.6) is 0 Å². The minimum atomic E-state index is -0.299. The number of carbonyl (C=O) groups excluding carboxylic acids is 1. The first-order valence-electron chi connectivity index (χ1n) is 6.45. The summed E-state index contributed by atoms with van der Waals surface area (Å²) in [6, 6.07) is 5.72. The molecule has 0 aromatic carbocycles. The lowest BCUT2D eigenvalue weighted by Crippen LogP contribution is -2.07. The standard InChI is InChI=1S/C15H18O3/c1-2-3-4-5-9-18-15(16)14-11-17-10-12-7-6-8-13(12)14/h6-8,10-11H,2-5,9H2,1H3. The van der Waals surface area contributed by atoms with Crippen molar-refractivity contribution in [3.63, 3.8) is 0 Å². The fourth-order valence-corrected chi connectivity index (χ4v) is 1.95. The molecule has 0 aromatic rings. The first-order chi connectivity index (χ1) is 8.83. The summed E-state index contributed by atoms with van der Waals surface area (Å²) in [5.74, 6) is -0.299. The topological polar surface area (TPSA) is 39.4 Å². The monoisotopic (exact) mass is 246 g/mol. The third-order valence-corrected chi connectivity index (χ3v) is 2.97. The molecule has 2 aliphatic rings. The lowest BCUT2D eigenvalue weighted by Gasteiger charge is -2.07. The van der Waals surface area contributed by atoms with Gasteiger partial charge in [0.2, 0.25) is 0 Å². The quantitative estimate of drug-likeness (QED) is 0.568. The molecule has 0 aromatic heterocycles. The van der Waals surface area contributed by atoms with Crippen LogP contribution in [0.1, 0.15) is 43.0 Å². The molecule has 18 heavy (non-hydrogen) atoms. The zero-order valence-electron chi connectivity index (χ0n) is 10.6. The van der Waals surface area contributed by atoms with Crippen LogP contribution in [0.3, 0.4) is 0 Å². The van der Waals surface area contributed by atoms with Crippen LogP contribution < -0.4 is 0 Å². The maximum Gasteiger partial charge on any atom is 0.341 e. The van der Waals surface area contributed by atoms with Crippen LogP contribution >= 0.6 is 0 Å². The predicted octanol–water partition coefficient (Wildman–Crippen LogP) is 4.12. The van der Waals surface area contributed by atoms with E-state index in [2.05, 4.69) is 6.92 Å². The number of hydrogen-bond acceptors (Lipinski definition) is 3. The molecule has 96 valence electrons. The minimum Gasteiger partial charge on any atom is -0.471 e. The smallest absolute Gasteiger partial charge is 0.341 e. The second-order valence-electron chi connectivity index (χ2n) is 4.38. The van der Waals surface area contributed by atoms with E-state index >= 15 is 0 Å². The van der Waals surface area contributed by atoms with Crippen molar-refractivity contribution in [1.82, 2.24) is 0 Å². The zero-order chi connectivity index (χ0) is 12.8. The summed E-state index contributed by atoms with van der Waals surface area (Å²) in [5.41, 5.74) is 2.32. The second kappa shape index (κ2) is 6.24. The van der Waals surface area contributed by atoms with E-state index in [0.717, 1.165) is 24.0 Å². The van der Waals surface area contributed by atoms with Crippen LogP contribution in [0.25, 0.3) is 11.1 Å². The molecule has 0 fully saturated rings. The Kier molecular flexibility index (Phi) is 4.40. The Morgan fingerprint density at radius 1 is 1.22 bits per heavy atom. The molecule has 2 rings (SSSR count). The van der Waals surface area contributed by atoms with Crippen molar-refractivity contribution in [3.05, 3.63) is 36.3 Å². The number of ether oxygens (including phenoxy) is 1. The van der Waals surface area contributed by atoms with Gasteiger partial charge in [-0.3, -0.25) is 0 Å². The highest BCUT2D eigenvalue weighted by Gasteiger charge is 2.16. The first kappa shape index (κ1) is 12.7. The summed E-state index contributed by atoms with van der Waals surface area (Å²) >= 11 is 0. The van der Waals surface area contributed by atoms with Crippen molar-refractivity contribution in [2.75, 3.05) is 6.61 Å². The van der Waals surface area contributed by atoms with Gasteiger partial charge >= 0.3 is 5.97 Å². The van der Waals surface area contributed by atoms with E-state index in [-0.39, 0.29) is 5.97 Å². The van der Waals surface area contributed by atoms with Gasteiger partial charge < -0.3 is 9.15 Å². The van der Waals surface area contributed by atoms with Crippen LogP contribution in [0.2, 0.25) is 0 Å². The molecule has 1 aliphatic heterocycles. The Morgan fingerprint density at radius 3 is 2.94 bits per heavy atom. The molecule has 0 saturated carbocycles. The fraction of sp³-hybridized carbons (Fsp3) is 0.400. The molecule has 0 spiro atoms. The Balaban J connectivity index is 1.91. The summed E-state index contributed by atoms with van der Waals surface area (Å²) in [7, 11) is 0. The average molecular weight is 246 g/mol. The number of carbonyl (C=O) groups is 1. The molecule has 0 amide bonds. The molecule has 0 bridgehead atoms. The van der Waals surface area contributed by atoms with Crippen LogP contribution in [-0.4, -0.2) is 12.6 Å². The summed E-state index contributed by atoms with van der Waals surface area (Å²) < 4.78 is 10.4. The maximum absolute atomic E-state index is 11.9. The van der Waals surface area contributed by atoms with Crippen LogP contribution in [0, 0.1) is 0 Å². The van der Waals surface area contributed by atoms with Gasteiger partial charge in [-0.2, -0.15) is 0 Å². The van der Waals surface area contributed by atoms with E-state index in [4.69, 9.17) is 9.15 Å². The van der Waals surface area contributed by atoms with E-state index in [1.165, 1.54) is 19.1 Å². The van der Waals surface area contributed by atoms with Crippen molar-refractivity contribution in [1.29, 1.82) is 0 Å². The summed E-state index contributed by atoms with van der Waals surface area (Å²) in [5, 5.41) is 0. The van der Waals surface area contributed by atoms with Gasteiger partial charge in [0.25, 0.3) is 0 Å². The molecular weight excluding hydrogens is 228 g/mol. The molecule has 1 heterocycles. The van der Waals surface area contributed by atoms with E-state index < -0.39 is 0 Å². The van der Waals surface area contributed by atoms with Crippen molar-refractivity contribution in [3.8, 4) is 11.1 Å². The van der Waals surface area contributed by atoms with Crippen molar-refractivity contribution in [2.24, 2.45) is 0 Å². The van der Waals surface area contributed by atoms with Crippen LogP contribution in [0.4, 0.5) is 0 Å². The van der Waals surface area contributed by atoms with Crippen molar-refractivity contribution < 1.29 is 13.9 Å². The van der Waals surface area contributed by atoms with E-state index in [1.54, 1.807) is 6.26 Å². The third-order valence-electron chi connectivity index (χ3n) is 2.97. The average Bonchev–Trinajstić information content (AvgIpc) is 2.86. The Bertz CT molecular complexity index is 473. The normalized spacial score (nSPS) is 10.7. The highest BCUT2D eigenvalue weighted by atomic mass is 16.5. The fourth-order valence-electron chi connectivity index (χ4n) is 1.95. The molecule has 0 radical (unpaired) electrons. The molecule has 0 unspecified atom stereocenters. The predicted molar refractivity (Wildman–Crippen MR) is 69.8 cm³/mol. The molecule has 3 heteroatoms. The Labute approximate surface area is 107 Å². The second-order valence-corrected chi connectivity index (χ2v) is 4.38. The van der Waals surface area contributed by atoms with Gasteiger partial charge in [0.1, 0.15) is 11.8 Å². The minimum absolute atomic E-state index is 0.299. The molecule has 0 saturated heterocycles. The molecule has 0 N–H and O–H groups in total. The first-order valence-corrected chi connectivity index (χ1v) is 6.45. The SMILES string of the molecule is CCCCCCOC(=O)c1cocc2cccc1-2. The molecule has 0 atom stereocenters. The summed E-state index contributed by atoms with van der Waals surface area (Å²) in [6.07, 6.45) is 7.48. The number of fused-ring (bicyclic) bond motifs is 1. The van der Waals surface area contributed by atoms with Crippen LogP contribution in [-0.2, 0) is 4.74 Å². The van der Waals surface area contributed by atoms with Gasteiger partial charge in [-0.05, 0) is 6.42 Å². The van der Waals surface area contributed by atoms with Gasteiger partial charge in [0.15, 0.2) is 0 Å². The lowest BCUT2D eigenvalue weighted by molar-refractivity contribution is 0.0496. The van der Waals surface area contributed by atoms with Crippen LogP contribution in [0.15, 0.2) is 35.1 Å². The van der Waals surface area contributed by atoms with Crippen molar-refractivity contribution >= 4 is 5.97 Å². The Hall–Kier alpha value is -1.77. The van der Waals surface area contributed by atoms with Crippen molar-refractivity contribution in [2.45, 2.75) is 32.6 Å². The highest BCUT2D eigenvalue weighted by Crippen LogP contribution is 2.27. The molecule has 3 nitrogen and oxygen atoms in total. The van der Waals surface area contributed by atoms with Gasteiger partial charge in [-0.25, -0.2) is 4.79 Å².